The first-order valence-corrected chi connectivity index (χ1v) is 5.03. The number of aryl methyl sites for hydroxylation is 1. The van der Waals surface area contributed by atoms with Gasteiger partial charge >= 0.3 is 5.97 Å². The molecule has 16 heavy (non-hydrogen) atoms. The van der Waals surface area contributed by atoms with Gasteiger partial charge < -0.3 is 14.6 Å². The van der Waals surface area contributed by atoms with Gasteiger partial charge in [0, 0.05) is 19.3 Å². The van der Waals surface area contributed by atoms with Crippen LogP contribution in [0.4, 0.5) is 0 Å². The van der Waals surface area contributed by atoms with Crippen LogP contribution in [0.5, 0.6) is 0 Å². The topological polar surface area (TPSA) is 60.3 Å². The van der Waals surface area contributed by atoms with E-state index in [1.165, 1.54) is 7.11 Å². The molecule has 5 nitrogen and oxygen atoms in total. The number of carbonyl (C=O) groups excluding carboxylic acids is 2. The number of nitrogens with zero attached hydrogens (tertiary/aromatic N) is 1. The lowest BCUT2D eigenvalue weighted by molar-refractivity contribution is -0.140. The van der Waals surface area contributed by atoms with Crippen LogP contribution < -0.4 is 5.32 Å². The zero-order valence-electron chi connectivity index (χ0n) is 9.74. The van der Waals surface area contributed by atoms with Crippen LogP contribution in [0.15, 0.2) is 12.1 Å². The van der Waals surface area contributed by atoms with Gasteiger partial charge in [-0.1, -0.05) is 0 Å². The Bertz CT molecular complexity index is 396. The fourth-order valence-corrected chi connectivity index (χ4v) is 1.31. The maximum atomic E-state index is 11.7. The quantitative estimate of drug-likeness (QED) is 0.763. The summed E-state index contributed by atoms with van der Waals surface area (Å²) in [4.78, 5) is 22.5. The molecule has 0 aromatic carbocycles. The Kier molecular flexibility index (Phi) is 4.10. The van der Waals surface area contributed by atoms with E-state index in [9.17, 15) is 9.59 Å². The Balaban J connectivity index is 2.47. The van der Waals surface area contributed by atoms with E-state index >= 15 is 0 Å². The van der Waals surface area contributed by atoms with Gasteiger partial charge in [-0.15, -0.1) is 0 Å². The average Bonchev–Trinajstić information content (AvgIpc) is 2.59. The van der Waals surface area contributed by atoms with Gasteiger partial charge in [0.1, 0.15) is 5.69 Å². The number of hydrogen-bond acceptors (Lipinski definition) is 3. The van der Waals surface area contributed by atoms with Crippen LogP contribution in [0.3, 0.4) is 0 Å². The summed E-state index contributed by atoms with van der Waals surface area (Å²) in [6.45, 7) is 2.21. The summed E-state index contributed by atoms with van der Waals surface area (Å²) < 4.78 is 6.27. The normalized spacial score (nSPS) is 9.94. The third-order valence-corrected chi connectivity index (χ3v) is 2.45. The van der Waals surface area contributed by atoms with Crippen LogP contribution in [0.25, 0.3) is 0 Å². The number of aromatic nitrogens is 1. The maximum absolute atomic E-state index is 11.7. The van der Waals surface area contributed by atoms with Gasteiger partial charge in [0.2, 0.25) is 0 Å². The van der Waals surface area contributed by atoms with E-state index in [4.69, 9.17) is 0 Å². The molecule has 1 N–H and O–H groups in total. The van der Waals surface area contributed by atoms with Crippen molar-refractivity contribution >= 4 is 11.9 Å². The Morgan fingerprint density at radius 2 is 2.12 bits per heavy atom. The second-order valence-electron chi connectivity index (χ2n) is 3.50. The molecule has 0 fully saturated rings. The second-order valence-corrected chi connectivity index (χ2v) is 3.50. The molecule has 1 heterocycles. The molecule has 5 heteroatoms. The van der Waals surface area contributed by atoms with Crippen molar-refractivity contribution in [1.29, 1.82) is 0 Å². The molecule has 1 aromatic heterocycles. The summed E-state index contributed by atoms with van der Waals surface area (Å²) >= 11 is 0. The smallest absolute Gasteiger partial charge is 0.307 e. The van der Waals surface area contributed by atoms with Crippen molar-refractivity contribution < 1.29 is 14.3 Å². The SMILES string of the molecule is COC(=O)CCNC(=O)c1ccc(C)n1C. The van der Waals surface area contributed by atoms with Gasteiger partial charge in [-0.05, 0) is 19.1 Å². The van der Waals surface area contributed by atoms with Gasteiger partial charge in [0.05, 0.1) is 13.5 Å². The molecule has 0 aliphatic rings. The minimum Gasteiger partial charge on any atom is -0.469 e. The first-order chi connectivity index (χ1) is 7.56. The highest BCUT2D eigenvalue weighted by molar-refractivity contribution is 5.93. The van der Waals surface area contributed by atoms with Crippen molar-refractivity contribution in [3.63, 3.8) is 0 Å². The Hall–Kier alpha value is -1.78. The minimum atomic E-state index is -0.330. The molecule has 0 unspecified atom stereocenters. The number of esters is 1. The molecule has 0 radical (unpaired) electrons. The molecule has 88 valence electrons. The molecule has 0 aliphatic heterocycles. The minimum absolute atomic E-state index is 0.181. The molecule has 0 spiro atoms. The van der Waals surface area contributed by atoms with Gasteiger partial charge in [-0.3, -0.25) is 9.59 Å². The molecular weight excluding hydrogens is 208 g/mol. The fraction of sp³-hybridized carbons (Fsp3) is 0.455. The Labute approximate surface area is 94.4 Å². The van der Waals surface area contributed by atoms with Crippen molar-refractivity contribution in [3.8, 4) is 0 Å². The summed E-state index contributed by atoms with van der Waals surface area (Å²) in [6, 6.07) is 3.62. The molecule has 0 saturated heterocycles. The van der Waals surface area contributed by atoms with E-state index in [-0.39, 0.29) is 24.8 Å². The highest BCUT2D eigenvalue weighted by Crippen LogP contribution is 2.05. The summed E-state index contributed by atoms with van der Waals surface area (Å²) in [7, 11) is 3.15. The molecular formula is C11H16N2O3. The van der Waals surface area contributed by atoms with Gasteiger partial charge in [0.25, 0.3) is 5.91 Å². The van der Waals surface area contributed by atoms with Crippen LogP contribution in [0.1, 0.15) is 22.6 Å². The highest BCUT2D eigenvalue weighted by Gasteiger charge is 2.10. The zero-order valence-corrected chi connectivity index (χ0v) is 9.74. The van der Waals surface area contributed by atoms with Crippen molar-refractivity contribution in [2.24, 2.45) is 7.05 Å². The van der Waals surface area contributed by atoms with Crippen molar-refractivity contribution in [2.45, 2.75) is 13.3 Å². The second kappa shape index (κ2) is 5.34. The van der Waals surface area contributed by atoms with E-state index in [0.717, 1.165) is 5.69 Å². The van der Waals surface area contributed by atoms with Crippen molar-refractivity contribution in [1.82, 2.24) is 9.88 Å². The molecule has 1 amide bonds. The lowest BCUT2D eigenvalue weighted by Crippen LogP contribution is -2.28. The van der Waals surface area contributed by atoms with Crippen LogP contribution in [-0.2, 0) is 16.6 Å². The van der Waals surface area contributed by atoms with Gasteiger partial charge in [0.15, 0.2) is 0 Å². The van der Waals surface area contributed by atoms with Crippen LogP contribution in [0, 0.1) is 6.92 Å². The Morgan fingerprint density at radius 1 is 1.44 bits per heavy atom. The number of carbonyl (C=O) groups is 2. The maximum Gasteiger partial charge on any atom is 0.307 e. The summed E-state index contributed by atoms with van der Waals surface area (Å²) in [5.74, 6) is -0.511. The lowest BCUT2D eigenvalue weighted by Gasteiger charge is -2.06. The van der Waals surface area contributed by atoms with Crippen LogP contribution >= 0.6 is 0 Å². The third-order valence-electron chi connectivity index (χ3n) is 2.45. The van der Waals surface area contributed by atoms with Gasteiger partial charge in [-0.25, -0.2) is 0 Å². The number of amides is 1. The average molecular weight is 224 g/mol. The van der Waals surface area contributed by atoms with E-state index < -0.39 is 0 Å². The monoisotopic (exact) mass is 224 g/mol. The summed E-state index contributed by atoms with van der Waals surface area (Å²) in [5, 5.41) is 2.66. The van der Waals surface area contributed by atoms with Gasteiger partial charge in [-0.2, -0.15) is 0 Å². The highest BCUT2D eigenvalue weighted by atomic mass is 16.5. The van der Waals surface area contributed by atoms with E-state index in [0.29, 0.717) is 5.69 Å². The van der Waals surface area contributed by atoms with Crippen molar-refractivity contribution in [3.05, 3.63) is 23.5 Å². The number of nitrogens with one attached hydrogen (secondary N) is 1. The number of rotatable bonds is 4. The zero-order chi connectivity index (χ0) is 12.1. The summed E-state index contributed by atoms with van der Waals surface area (Å²) in [5.41, 5.74) is 1.60. The molecule has 0 bridgehead atoms. The molecule has 0 aliphatic carbocycles. The van der Waals surface area contributed by atoms with E-state index in [2.05, 4.69) is 10.1 Å². The molecule has 0 atom stereocenters. The third kappa shape index (κ3) is 2.85. The van der Waals surface area contributed by atoms with Crippen LogP contribution in [-0.4, -0.2) is 30.1 Å². The first kappa shape index (κ1) is 12.3. The van der Waals surface area contributed by atoms with E-state index in [1.54, 1.807) is 10.6 Å². The number of ether oxygens (including phenoxy) is 1. The largest absolute Gasteiger partial charge is 0.469 e. The first-order valence-electron chi connectivity index (χ1n) is 5.03. The molecule has 1 rings (SSSR count). The van der Waals surface area contributed by atoms with E-state index in [1.807, 2.05) is 20.0 Å². The van der Waals surface area contributed by atoms with Crippen LogP contribution in [0.2, 0.25) is 0 Å². The molecule has 0 saturated carbocycles. The lowest BCUT2D eigenvalue weighted by atomic mass is 10.3. The predicted molar refractivity (Wildman–Crippen MR) is 59.1 cm³/mol. The van der Waals surface area contributed by atoms with Crippen molar-refractivity contribution in [2.75, 3.05) is 13.7 Å². The molecule has 1 aromatic rings. The summed E-state index contributed by atoms with van der Waals surface area (Å²) in [6.07, 6.45) is 0.186. The number of hydrogen-bond donors (Lipinski definition) is 1. The standard InChI is InChI=1S/C11H16N2O3/c1-8-4-5-9(13(8)2)11(15)12-7-6-10(14)16-3/h4-5H,6-7H2,1-3H3,(H,12,15). The Morgan fingerprint density at radius 3 is 2.62 bits per heavy atom. The predicted octanol–water partition coefficient (Wildman–Crippen LogP) is 0.626. The number of methoxy groups -OCH3 is 1. The fourth-order valence-electron chi connectivity index (χ4n) is 1.31.